The normalized spacial score (nSPS) is 16.8. The Balaban J connectivity index is 1.93. The van der Waals surface area contributed by atoms with E-state index in [4.69, 9.17) is 23.2 Å². The molecular weight excluding hydrogens is 477 g/mol. The van der Waals surface area contributed by atoms with Crippen LogP contribution < -0.4 is 5.01 Å². The number of nitrogens with zero attached hydrogens (tertiary/aromatic N) is 5. The van der Waals surface area contributed by atoms with E-state index in [0.717, 1.165) is 35.3 Å². The van der Waals surface area contributed by atoms with Crippen molar-refractivity contribution >= 4 is 62.0 Å². The van der Waals surface area contributed by atoms with Crippen LogP contribution in [0.1, 0.15) is 6.92 Å². The van der Waals surface area contributed by atoms with Crippen LogP contribution in [0.5, 0.6) is 5.75 Å². The van der Waals surface area contributed by atoms with Crippen molar-refractivity contribution < 1.29 is 27.8 Å². The lowest BCUT2D eigenvalue weighted by Gasteiger charge is -2.15. The molecule has 0 aromatic heterocycles. The number of aromatic hydroxyl groups is 1. The number of phenols is 1. The zero-order chi connectivity index (χ0) is 23.1. The summed E-state index contributed by atoms with van der Waals surface area (Å²) in [5.74, 6) is -1.12. The van der Waals surface area contributed by atoms with E-state index in [1.54, 1.807) is 0 Å². The number of anilines is 1. The van der Waals surface area contributed by atoms with Crippen molar-refractivity contribution in [2.24, 2.45) is 15.3 Å². The first-order valence-corrected chi connectivity index (χ1v) is 10.3. The predicted molar refractivity (Wildman–Crippen MR) is 110 cm³/mol. The molecule has 2 aromatic rings. The van der Waals surface area contributed by atoms with Gasteiger partial charge in [0.25, 0.3) is 21.7 Å². The summed E-state index contributed by atoms with van der Waals surface area (Å²) in [7, 11) is -4.65. The second-order valence-corrected chi connectivity index (χ2v) is 8.35. The third-order valence-corrected chi connectivity index (χ3v) is 5.68. The molecule has 0 saturated heterocycles. The number of hydrogen-bond donors (Lipinski definition) is 2. The highest BCUT2D eigenvalue weighted by Gasteiger charge is 2.36. The number of carbonyl (C=O) groups is 1. The number of nitro benzene ring substituents is 1. The van der Waals surface area contributed by atoms with Gasteiger partial charge >= 0.3 is 0 Å². The van der Waals surface area contributed by atoms with Gasteiger partial charge in [0.1, 0.15) is 16.3 Å². The molecule has 1 aliphatic rings. The van der Waals surface area contributed by atoms with Crippen molar-refractivity contribution in [3.05, 3.63) is 50.5 Å². The maximum atomic E-state index is 12.8. The summed E-state index contributed by atoms with van der Waals surface area (Å²) in [6.45, 7) is 1.46. The van der Waals surface area contributed by atoms with Crippen LogP contribution in [0.4, 0.5) is 17.1 Å². The number of hydrazone groups is 1. The largest absolute Gasteiger partial charge is 0.506 e. The molecule has 0 aliphatic carbocycles. The fraction of sp³-hybridized carbons (Fsp3) is 0.125. The number of benzene rings is 2. The van der Waals surface area contributed by atoms with E-state index in [1.165, 1.54) is 6.92 Å². The van der Waals surface area contributed by atoms with Gasteiger partial charge in [-0.25, -0.2) is 0 Å². The van der Waals surface area contributed by atoms with Crippen LogP contribution in [-0.4, -0.2) is 40.7 Å². The first-order chi connectivity index (χ1) is 14.4. The third kappa shape index (κ3) is 4.49. The Kier molecular flexibility index (Phi) is 5.96. The van der Waals surface area contributed by atoms with Crippen molar-refractivity contribution in [3.63, 3.8) is 0 Å². The minimum Gasteiger partial charge on any atom is -0.506 e. The highest BCUT2D eigenvalue weighted by Crippen LogP contribution is 2.37. The Morgan fingerprint density at radius 3 is 2.52 bits per heavy atom. The molecule has 2 N–H and O–H groups in total. The SMILES string of the molecule is CC1=NN(c2cc(Cl)c(S(=O)(=O)O)cc2Cl)C(=O)C1N=Nc1cc([N+](=O)[O-])ccc1O. The highest BCUT2D eigenvalue weighted by molar-refractivity contribution is 7.86. The molecule has 1 heterocycles. The zero-order valence-electron chi connectivity index (χ0n) is 15.3. The summed E-state index contributed by atoms with van der Waals surface area (Å²) in [6, 6.07) is 3.78. The van der Waals surface area contributed by atoms with Gasteiger partial charge in [0.15, 0.2) is 6.04 Å². The van der Waals surface area contributed by atoms with Crippen molar-refractivity contribution in [2.45, 2.75) is 17.9 Å². The third-order valence-electron chi connectivity index (χ3n) is 4.05. The molecule has 12 nitrogen and oxygen atoms in total. The molecule has 31 heavy (non-hydrogen) atoms. The molecule has 0 fully saturated rings. The fourth-order valence-electron chi connectivity index (χ4n) is 2.57. The van der Waals surface area contributed by atoms with Crippen LogP contribution >= 0.6 is 23.2 Å². The minimum atomic E-state index is -4.65. The molecule has 2 aromatic carbocycles. The topological polar surface area (TPSA) is 175 Å². The second kappa shape index (κ2) is 8.19. The lowest BCUT2D eigenvalue weighted by Crippen LogP contribution is -2.30. The van der Waals surface area contributed by atoms with Gasteiger partial charge in [-0.1, -0.05) is 23.2 Å². The molecule has 0 saturated carbocycles. The number of nitro groups is 1. The number of carbonyl (C=O) groups excluding carboxylic acids is 1. The van der Waals surface area contributed by atoms with Crippen LogP contribution in [0.2, 0.25) is 10.0 Å². The van der Waals surface area contributed by atoms with Gasteiger partial charge in [0.05, 0.1) is 26.4 Å². The van der Waals surface area contributed by atoms with E-state index in [9.17, 15) is 33.0 Å². The van der Waals surface area contributed by atoms with E-state index in [-0.39, 0.29) is 33.5 Å². The summed E-state index contributed by atoms with van der Waals surface area (Å²) in [6.07, 6.45) is 0. The molecule has 162 valence electrons. The van der Waals surface area contributed by atoms with Crippen molar-refractivity contribution in [1.82, 2.24) is 0 Å². The highest BCUT2D eigenvalue weighted by atomic mass is 35.5. The lowest BCUT2D eigenvalue weighted by atomic mass is 10.2. The van der Waals surface area contributed by atoms with Crippen molar-refractivity contribution in [3.8, 4) is 5.75 Å². The maximum Gasteiger partial charge on any atom is 0.296 e. The van der Waals surface area contributed by atoms with Crippen LogP contribution in [0, 0.1) is 10.1 Å². The molecular formula is C16H11Cl2N5O7S. The standard InChI is InChI=1S/C16H11Cl2N5O7S/c1-7-15(20-19-11-4-8(23(26)27)2-3-13(11)24)16(25)22(21-7)12-5-10(18)14(6-9(12)17)31(28,29)30/h2-6,15,24H,1H3,(H,28,29,30). The quantitative estimate of drug-likeness (QED) is 0.279. The Morgan fingerprint density at radius 1 is 1.23 bits per heavy atom. The molecule has 15 heteroatoms. The number of rotatable bonds is 5. The molecule has 1 amide bonds. The van der Waals surface area contributed by atoms with Crippen LogP contribution in [-0.2, 0) is 14.9 Å². The molecule has 1 atom stereocenters. The minimum absolute atomic E-state index is 0.0701. The summed E-state index contributed by atoms with van der Waals surface area (Å²) in [4.78, 5) is 22.3. The molecule has 1 unspecified atom stereocenters. The summed E-state index contributed by atoms with van der Waals surface area (Å²) in [5, 5.41) is 32.4. The van der Waals surface area contributed by atoms with Gasteiger partial charge in [-0.05, 0) is 25.1 Å². The predicted octanol–water partition coefficient (Wildman–Crippen LogP) is 3.73. The number of phenolic OH excluding ortho intramolecular Hbond substituents is 1. The monoisotopic (exact) mass is 487 g/mol. The van der Waals surface area contributed by atoms with E-state index < -0.39 is 36.9 Å². The molecule has 0 spiro atoms. The van der Waals surface area contributed by atoms with Crippen LogP contribution in [0.25, 0.3) is 0 Å². The maximum absolute atomic E-state index is 12.8. The Morgan fingerprint density at radius 2 is 1.90 bits per heavy atom. The van der Waals surface area contributed by atoms with Gasteiger partial charge in [0, 0.05) is 12.1 Å². The Labute approximate surface area is 184 Å². The van der Waals surface area contributed by atoms with Crippen LogP contribution in [0.15, 0.2) is 50.6 Å². The number of hydrogen-bond acceptors (Lipinski definition) is 9. The van der Waals surface area contributed by atoms with Gasteiger partial charge in [-0.3, -0.25) is 19.5 Å². The van der Waals surface area contributed by atoms with Crippen molar-refractivity contribution in [1.29, 1.82) is 0 Å². The van der Waals surface area contributed by atoms with E-state index in [2.05, 4.69) is 15.3 Å². The average Bonchev–Trinajstić information content (AvgIpc) is 2.95. The van der Waals surface area contributed by atoms with E-state index >= 15 is 0 Å². The van der Waals surface area contributed by atoms with Crippen molar-refractivity contribution in [2.75, 3.05) is 5.01 Å². The summed E-state index contributed by atoms with van der Waals surface area (Å²) in [5.41, 5.74) is -0.465. The zero-order valence-corrected chi connectivity index (χ0v) is 17.6. The van der Waals surface area contributed by atoms with Gasteiger partial charge in [-0.2, -0.15) is 28.8 Å². The van der Waals surface area contributed by atoms with Gasteiger partial charge < -0.3 is 5.11 Å². The molecule has 3 rings (SSSR count). The lowest BCUT2D eigenvalue weighted by molar-refractivity contribution is -0.384. The van der Waals surface area contributed by atoms with E-state index in [1.807, 2.05) is 0 Å². The molecule has 1 aliphatic heterocycles. The smallest absolute Gasteiger partial charge is 0.296 e. The number of azo groups is 1. The van der Waals surface area contributed by atoms with Gasteiger partial charge in [0.2, 0.25) is 0 Å². The Hall–Kier alpha value is -3.13. The number of halogens is 2. The number of amides is 1. The first-order valence-electron chi connectivity index (χ1n) is 8.14. The Bertz CT molecular complexity index is 1280. The average molecular weight is 488 g/mol. The van der Waals surface area contributed by atoms with Crippen LogP contribution in [0.3, 0.4) is 0 Å². The summed E-state index contributed by atoms with van der Waals surface area (Å²) < 4.78 is 31.8. The molecule has 0 radical (unpaired) electrons. The summed E-state index contributed by atoms with van der Waals surface area (Å²) >= 11 is 11.9. The van der Waals surface area contributed by atoms with E-state index in [0.29, 0.717) is 0 Å². The number of non-ortho nitro benzene ring substituents is 1. The van der Waals surface area contributed by atoms with Gasteiger partial charge in [-0.15, -0.1) is 0 Å². The second-order valence-electron chi connectivity index (χ2n) is 6.15. The molecule has 0 bridgehead atoms. The first kappa shape index (κ1) is 22.6. The fourth-order valence-corrected chi connectivity index (χ4v) is 3.90.